The van der Waals surface area contributed by atoms with Crippen LogP contribution in [0.1, 0.15) is 37.9 Å². The molecule has 172 valence electrons. The van der Waals surface area contributed by atoms with Crippen LogP contribution in [-0.4, -0.2) is 55.3 Å². The van der Waals surface area contributed by atoms with Crippen molar-refractivity contribution in [2.45, 2.75) is 40.0 Å². The van der Waals surface area contributed by atoms with Crippen LogP contribution in [0, 0.1) is 18.7 Å². The Morgan fingerprint density at radius 1 is 1.19 bits per heavy atom. The van der Waals surface area contributed by atoms with Gasteiger partial charge in [0.1, 0.15) is 11.6 Å². The van der Waals surface area contributed by atoms with Crippen LogP contribution in [0.4, 0.5) is 20.7 Å². The first-order valence-corrected chi connectivity index (χ1v) is 11.7. The topological polar surface area (TPSA) is 57.7 Å². The van der Waals surface area contributed by atoms with Gasteiger partial charge < -0.3 is 19.9 Å². The molecule has 7 heteroatoms. The second-order valence-electron chi connectivity index (χ2n) is 8.74. The highest BCUT2D eigenvalue weighted by Crippen LogP contribution is 2.32. The third kappa shape index (κ3) is 4.88. The van der Waals surface area contributed by atoms with Gasteiger partial charge in [-0.1, -0.05) is 20.3 Å². The molecule has 4 rings (SSSR count). The van der Waals surface area contributed by atoms with E-state index in [2.05, 4.69) is 36.2 Å². The van der Waals surface area contributed by atoms with E-state index in [1.165, 1.54) is 6.07 Å². The first kappa shape index (κ1) is 22.5. The molecule has 6 nitrogen and oxygen atoms in total. The smallest absolute Gasteiger partial charge is 0.321 e. The molecule has 0 unspecified atom stereocenters. The zero-order chi connectivity index (χ0) is 22.7. The lowest BCUT2D eigenvalue weighted by Gasteiger charge is -2.28. The Labute approximate surface area is 189 Å². The highest BCUT2D eigenvalue weighted by atomic mass is 19.1. The number of urea groups is 1. The van der Waals surface area contributed by atoms with Crippen LogP contribution in [0.25, 0.3) is 11.1 Å². The minimum atomic E-state index is -0.413. The Balaban J connectivity index is 1.63. The van der Waals surface area contributed by atoms with Gasteiger partial charge in [-0.25, -0.2) is 14.2 Å². The van der Waals surface area contributed by atoms with Gasteiger partial charge in [-0.05, 0) is 66.6 Å². The SMILES string of the molecule is CCc1cc(-c2cc(NC(=O)N3CC[C@@H](CC)C3)c(F)cc2C)cc(N2CCOCC2)n1. The summed E-state index contributed by atoms with van der Waals surface area (Å²) >= 11 is 0. The molecule has 3 heterocycles. The van der Waals surface area contributed by atoms with Crippen molar-refractivity contribution in [3.05, 3.63) is 41.3 Å². The van der Waals surface area contributed by atoms with E-state index in [1.54, 1.807) is 11.0 Å². The molecule has 0 bridgehead atoms. The molecule has 1 N–H and O–H groups in total. The van der Waals surface area contributed by atoms with Crippen LogP contribution >= 0.6 is 0 Å². The summed E-state index contributed by atoms with van der Waals surface area (Å²) in [6.45, 7) is 10.6. The fourth-order valence-electron chi connectivity index (χ4n) is 4.49. The minimum absolute atomic E-state index is 0.221. The lowest BCUT2D eigenvalue weighted by molar-refractivity contribution is 0.122. The highest BCUT2D eigenvalue weighted by molar-refractivity contribution is 5.91. The molecule has 2 fully saturated rings. The van der Waals surface area contributed by atoms with Gasteiger partial charge in [0.2, 0.25) is 0 Å². The number of amides is 2. The highest BCUT2D eigenvalue weighted by Gasteiger charge is 2.26. The molecule has 32 heavy (non-hydrogen) atoms. The number of hydrogen-bond acceptors (Lipinski definition) is 4. The molecule has 2 aromatic rings. The number of hydrogen-bond donors (Lipinski definition) is 1. The summed E-state index contributed by atoms with van der Waals surface area (Å²) in [7, 11) is 0. The number of halogens is 1. The monoisotopic (exact) mass is 440 g/mol. The number of aromatic nitrogens is 1. The summed E-state index contributed by atoms with van der Waals surface area (Å²) < 4.78 is 20.3. The van der Waals surface area contributed by atoms with Crippen molar-refractivity contribution < 1.29 is 13.9 Å². The number of benzene rings is 1. The summed E-state index contributed by atoms with van der Waals surface area (Å²) in [6.07, 6.45) is 2.87. The molecule has 1 aromatic carbocycles. The van der Waals surface area contributed by atoms with Crippen LogP contribution in [0.2, 0.25) is 0 Å². The number of ether oxygens (including phenoxy) is 1. The number of anilines is 2. The van der Waals surface area contributed by atoms with E-state index in [9.17, 15) is 9.18 Å². The minimum Gasteiger partial charge on any atom is -0.378 e. The zero-order valence-electron chi connectivity index (χ0n) is 19.3. The zero-order valence-corrected chi connectivity index (χ0v) is 19.3. The number of rotatable bonds is 5. The Bertz CT molecular complexity index is 975. The maximum Gasteiger partial charge on any atom is 0.321 e. The average molecular weight is 441 g/mol. The number of carbonyl (C=O) groups is 1. The lowest BCUT2D eigenvalue weighted by atomic mass is 9.99. The van der Waals surface area contributed by atoms with Crippen molar-refractivity contribution in [2.75, 3.05) is 49.6 Å². The van der Waals surface area contributed by atoms with E-state index < -0.39 is 5.82 Å². The van der Waals surface area contributed by atoms with E-state index in [0.29, 0.717) is 19.1 Å². The molecule has 2 aliphatic rings. The van der Waals surface area contributed by atoms with E-state index in [0.717, 1.165) is 73.6 Å². The third-order valence-corrected chi connectivity index (χ3v) is 6.58. The molecule has 0 saturated carbocycles. The van der Waals surface area contributed by atoms with E-state index >= 15 is 0 Å². The maximum absolute atomic E-state index is 14.8. The van der Waals surface area contributed by atoms with Crippen molar-refractivity contribution in [3.63, 3.8) is 0 Å². The number of carbonyl (C=O) groups excluding carboxylic acids is 1. The van der Waals surface area contributed by atoms with Gasteiger partial charge in [-0.15, -0.1) is 0 Å². The van der Waals surface area contributed by atoms with Crippen LogP contribution in [0.15, 0.2) is 24.3 Å². The average Bonchev–Trinajstić information content (AvgIpc) is 3.30. The number of nitrogens with one attached hydrogen (secondary N) is 1. The van der Waals surface area contributed by atoms with Crippen molar-refractivity contribution in [1.82, 2.24) is 9.88 Å². The molecule has 1 aromatic heterocycles. The summed E-state index contributed by atoms with van der Waals surface area (Å²) in [5.41, 5.74) is 3.92. The molecular weight excluding hydrogens is 407 g/mol. The molecule has 0 aliphatic carbocycles. The van der Waals surface area contributed by atoms with Gasteiger partial charge in [0.25, 0.3) is 0 Å². The molecule has 2 aliphatic heterocycles. The number of morpholine rings is 1. The molecule has 0 spiro atoms. The fraction of sp³-hybridized carbons (Fsp3) is 0.520. The van der Waals surface area contributed by atoms with Crippen LogP contribution in [-0.2, 0) is 11.2 Å². The second-order valence-corrected chi connectivity index (χ2v) is 8.74. The summed E-state index contributed by atoms with van der Waals surface area (Å²) in [6, 6.07) is 7.15. The molecule has 1 atom stereocenters. The van der Waals surface area contributed by atoms with E-state index in [4.69, 9.17) is 9.72 Å². The fourth-order valence-corrected chi connectivity index (χ4v) is 4.49. The third-order valence-electron chi connectivity index (χ3n) is 6.58. The van der Waals surface area contributed by atoms with Crippen LogP contribution in [0.3, 0.4) is 0 Å². The summed E-state index contributed by atoms with van der Waals surface area (Å²) in [5, 5.41) is 2.81. The lowest BCUT2D eigenvalue weighted by Crippen LogP contribution is -2.36. The number of aryl methyl sites for hydroxylation is 2. The molecule has 0 radical (unpaired) electrons. The van der Waals surface area contributed by atoms with Gasteiger partial charge in [0, 0.05) is 31.9 Å². The van der Waals surface area contributed by atoms with Gasteiger partial charge in [0.05, 0.1) is 18.9 Å². The largest absolute Gasteiger partial charge is 0.378 e. The van der Waals surface area contributed by atoms with Gasteiger partial charge in [-0.2, -0.15) is 0 Å². The first-order chi connectivity index (χ1) is 15.5. The Morgan fingerprint density at radius 3 is 2.66 bits per heavy atom. The predicted molar refractivity (Wildman–Crippen MR) is 126 cm³/mol. The summed E-state index contributed by atoms with van der Waals surface area (Å²) in [4.78, 5) is 21.6. The molecular formula is C25H33FN4O2. The predicted octanol–water partition coefficient (Wildman–Crippen LogP) is 4.86. The van der Waals surface area contributed by atoms with Gasteiger partial charge in [0.15, 0.2) is 0 Å². The van der Waals surface area contributed by atoms with Crippen molar-refractivity contribution >= 4 is 17.5 Å². The van der Waals surface area contributed by atoms with Crippen molar-refractivity contribution in [3.8, 4) is 11.1 Å². The van der Waals surface area contributed by atoms with Crippen LogP contribution < -0.4 is 10.2 Å². The molecule has 2 amide bonds. The first-order valence-electron chi connectivity index (χ1n) is 11.7. The second kappa shape index (κ2) is 9.86. The quantitative estimate of drug-likeness (QED) is 0.722. The number of pyridine rings is 1. The normalized spacial score (nSPS) is 18.8. The standard InChI is InChI=1S/C25H33FN4O2/c1-4-18-6-7-30(16-18)25(31)28-23-15-21(17(3)12-22(23)26)19-13-20(5-2)27-24(14-19)29-8-10-32-11-9-29/h12-15,18H,4-11,16H2,1-3H3,(H,28,31)/t18-/m1/s1. The van der Waals surface area contributed by atoms with Crippen molar-refractivity contribution in [1.29, 1.82) is 0 Å². The van der Waals surface area contributed by atoms with E-state index in [-0.39, 0.29) is 11.7 Å². The maximum atomic E-state index is 14.8. The van der Waals surface area contributed by atoms with Gasteiger partial charge in [-0.3, -0.25) is 0 Å². The number of nitrogens with zero attached hydrogens (tertiary/aromatic N) is 3. The Hall–Kier alpha value is -2.67. The van der Waals surface area contributed by atoms with Crippen molar-refractivity contribution in [2.24, 2.45) is 5.92 Å². The molecule has 2 saturated heterocycles. The van der Waals surface area contributed by atoms with Gasteiger partial charge >= 0.3 is 6.03 Å². The Kier molecular flexibility index (Phi) is 6.94. The van der Waals surface area contributed by atoms with E-state index in [1.807, 2.05) is 6.92 Å². The number of likely N-dealkylation sites (tertiary alicyclic amines) is 1. The van der Waals surface area contributed by atoms with Crippen LogP contribution in [0.5, 0.6) is 0 Å². The Morgan fingerprint density at radius 2 is 1.97 bits per heavy atom. The summed E-state index contributed by atoms with van der Waals surface area (Å²) in [5.74, 6) is 1.03.